The lowest BCUT2D eigenvalue weighted by atomic mass is 10.1. The Morgan fingerprint density at radius 2 is 1.80 bits per heavy atom. The largest absolute Gasteiger partial charge is 0.207 e. The number of hydrogen-bond donors (Lipinski definition) is 0. The topological polar surface area (TPSA) is 0 Å². The van der Waals surface area contributed by atoms with Crippen molar-refractivity contribution in [3.63, 3.8) is 0 Å². The molecular formula is C8H8FSi. The first-order valence-corrected chi connectivity index (χ1v) is 3.60. The molecule has 0 aromatic heterocycles. The lowest BCUT2D eigenvalue weighted by molar-refractivity contribution is 0.617. The molecule has 0 saturated heterocycles. The molecule has 0 aliphatic rings. The van der Waals surface area contributed by atoms with Gasteiger partial charge in [-0.05, 0) is 31.0 Å². The summed E-state index contributed by atoms with van der Waals surface area (Å²) in [6.07, 6.45) is 0. The van der Waals surface area contributed by atoms with Crippen LogP contribution in [-0.2, 0) is 0 Å². The van der Waals surface area contributed by atoms with Crippen molar-refractivity contribution in [2.75, 3.05) is 0 Å². The van der Waals surface area contributed by atoms with Crippen LogP contribution in [0.1, 0.15) is 11.1 Å². The number of hydrogen-bond acceptors (Lipinski definition) is 0. The fourth-order valence-electron chi connectivity index (χ4n) is 0.788. The maximum absolute atomic E-state index is 12.7. The minimum absolute atomic E-state index is 0.139. The quantitative estimate of drug-likeness (QED) is 0.489. The summed E-state index contributed by atoms with van der Waals surface area (Å²) >= 11 is 0. The Balaban J connectivity index is 3.34. The summed E-state index contributed by atoms with van der Waals surface area (Å²) in [5.74, 6) is -0.139. The maximum atomic E-state index is 12.7. The summed E-state index contributed by atoms with van der Waals surface area (Å²) in [6.45, 7) is 3.66. The third-order valence-corrected chi connectivity index (χ3v) is 2.26. The molecule has 0 heterocycles. The van der Waals surface area contributed by atoms with Crippen LogP contribution in [0, 0.1) is 19.7 Å². The standard InChI is InChI=1S/C8H8FSi/c1-5-6(2)8(10)4-3-7(5)9/h3-4H,1-2H3. The van der Waals surface area contributed by atoms with Crippen LogP contribution in [0.5, 0.6) is 0 Å². The van der Waals surface area contributed by atoms with Gasteiger partial charge in [0.1, 0.15) is 5.82 Å². The van der Waals surface area contributed by atoms with Crippen molar-refractivity contribution >= 4 is 15.4 Å². The predicted octanol–water partition coefficient (Wildman–Crippen LogP) is 1.24. The van der Waals surface area contributed by atoms with Crippen LogP contribution in [-0.4, -0.2) is 10.2 Å². The Labute approximate surface area is 63.5 Å². The third kappa shape index (κ3) is 1.11. The minimum Gasteiger partial charge on any atom is -0.207 e. The lowest BCUT2D eigenvalue weighted by Crippen LogP contribution is -2.09. The molecule has 1 aromatic rings. The van der Waals surface area contributed by atoms with E-state index in [1.165, 1.54) is 6.07 Å². The second-order valence-corrected chi connectivity index (χ2v) is 2.88. The van der Waals surface area contributed by atoms with Gasteiger partial charge in [-0.15, -0.1) is 0 Å². The zero-order chi connectivity index (χ0) is 7.72. The molecule has 0 spiro atoms. The smallest absolute Gasteiger partial charge is 0.126 e. The van der Waals surface area contributed by atoms with Gasteiger partial charge in [0.2, 0.25) is 0 Å². The average molecular weight is 151 g/mol. The van der Waals surface area contributed by atoms with Crippen molar-refractivity contribution in [2.24, 2.45) is 0 Å². The molecule has 0 N–H and O–H groups in total. The van der Waals surface area contributed by atoms with Gasteiger partial charge in [-0.25, -0.2) is 4.39 Å². The second kappa shape index (κ2) is 2.54. The molecule has 0 atom stereocenters. The van der Waals surface area contributed by atoms with Crippen LogP contribution in [0.15, 0.2) is 12.1 Å². The molecule has 1 aromatic carbocycles. The van der Waals surface area contributed by atoms with E-state index in [1.54, 1.807) is 13.0 Å². The molecule has 0 aliphatic carbocycles. The Bertz CT molecular complexity index is 229. The maximum Gasteiger partial charge on any atom is 0.126 e. The van der Waals surface area contributed by atoms with Gasteiger partial charge in [-0.1, -0.05) is 11.3 Å². The van der Waals surface area contributed by atoms with Gasteiger partial charge in [0, 0.05) is 0 Å². The summed E-state index contributed by atoms with van der Waals surface area (Å²) in [7, 11) is 3.36. The fraction of sp³-hybridized carbons (Fsp3) is 0.250. The first-order chi connectivity index (χ1) is 4.63. The summed E-state index contributed by atoms with van der Waals surface area (Å²) in [4.78, 5) is 0. The molecule has 0 bridgehead atoms. The van der Waals surface area contributed by atoms with E-state index in [-0.39, 0.29) is 5.82 Å². The van der Waals surface area contributed by atoms with E-state index in [2.05, 4.69) is 10.2 Å². The first kappa shape index (κ1) is 7.47. The highest BCUT2D eigenvalue weighted by Crippen LogP contribution is 2.07. The van der Waals surface area contributed by atoms with Crippen molar-refractivity contribution in [2.45, 2.75) is 13.8 Å². The number of halogens is 1. The molecule has 0 aliphatic heterocycles. The van der Waals surface area contributed by atoms with Crippen LogP contribution in [0.2, 0.25) is 0 Å². The van der Waals surface area contributed by atoms with E-state index < -0.39 is 0 Å². The molecule has 0 nitrogen and oxygen atoms in total. The number of benzene rings is 1. The van der Waals surface area contributed by atoms with Crippen molar-refractivity contribution in [3.8, 4) is 0 Å². The van der Waals surface area contributed by atoms with E-state index in [9.17, 15) is 4.39 Å². The summed E-state index contributed by atoms with van der Waals surface area (Å²) in [5, 5.41) is 0.957. The van der Waals surface area contributed by atoms with Gasteiger partial charge in [0.05, 0.1) is 10.2 Å². The van der Waals surface area contributed by atoms with E-state index in [0.29, 0.717) is 5.56 Å². The molecule has 10 heavy (non-hydrogen) atoms. The van der Waals surface area contributed by atoms with Crippen LogP contribution in [0.4, 0.5) is 4.39 Å². The molecular weight excluding hydrogens is 143 g/mol. The van der Waals surface area contributed by atoms with Gasteiger partial charge in [-0.2, -0.15) is 0 Å². The summed E-state index contributed by atoms with van der Waals surface area (Å²) < 4.78 is 12.7. The normalized spacial score (nSPS) is 10.0. The van der Waals surface area contributed by atoms with E-state index >= 15 is 0 Å². The van der Waals surface area contributed by atoms with Crippen molar-refractivity contribution in [3.05, 3.63) is 29.1 Å². The average Bonchev–Trinajstić information content (AvgIpc) is 1.93. The zero-order valence-electron chi connectivity index (χ0n) is 6.03. The van der Waals surface area contributed by atoms with Crippen molar-refractivity contribution in [1.29, 1.82) is 0 Å². The van der Waals surface area contributed by atoms with E-state index in [0.717, 1.165) is 10.8 Å². The highest BCUT2D eigenvalue weighted by Gasteiger charge is 2.00. The Morgan fingerprint density at radius 3 is 2.30 bits per heavy atom. The summed E-state index contributed by atoms with van der Waals surface area (Å²) in [5.41, 5.74) is 1.68. The highest BCUT2D eigenvalue weighted by molar-refractivity contribution is 6.33. The molecule has 0 fully saturated rings. The van der Waals surface area contributed by atoms with Crippen molar-refractivity contribution in [1.82, 2.24) is 0 Å². The molecule has 1 rings (SSSR count). The third-order valence-electron chi connectivity index (χ3n) is 1.72. The van der Waals surface area contributed by atoms with E-state index in [1.807, 2.05) is 6.92 Å². The predicted molar refractivity (Wildman–Crippen MR) is 41.3 cm³/mol. The monoisotopic (exact) mass is 151 g/mol. The molecule has 2 heteroatoms. The highest BCUT2D eigenvalue weighted by atomic mass is 28.1. The van der Waals surface area contributed by atoms with Crippen LogP contribution < -0.4 is 5.19 Å². The van der Waals surface area contributed by atoms with E-state index in [4.69, 9.17) is 0 Å². The van der Waals surface area contributed by atoms with Crippen LogP contribution in [0.3, 0.4) is 0 Å². The molecule has 0 saturated carbocycles. The van der Waals surface area contributed by atoms with Crippen LogP contribution in [0.25, 0.3) is 0 Å². The first-order valence-electron chi connectivity index (χ1n) is 3.10. The van der Waals surface area contributed by atoms with Gasteiger partial charge < -0.3 is 0 Å². The minimum atomic E-state index is -0.139. The van der Waals surface area contributed by atoms with Crippen molar-refractivity contribution < 1.29 is 4.39 Å². The molecule has 0 unspecified atom stereocenters. The van der Waals surface area contributed by atoms with Gasteiger partial charge in [0.15, 0.2) is 0 Å². The molecule has 3 radical (unpaired) electrons. The summed E-state index contributed by atoms with van der Waals surface area (Å²) in [6, 6.07) is 3.18. The number of rotatable bonds is 0. The second-order valence-electron chi connectivity index (χ2n) is 2.34. The molecule has 0 amide bonds. The molecule has 51 valence electrons. The van der Waals surface area contributed by atoms with Gasteiger partial charge in [0.25, 0.3) is 0 Å². The van der Waals surface area contributed by atoms with Gasteiger partial charge >= 0.3 is 0 Å². The zero-order valence-corrected chi connectivity index (χ0v) is 7.03. The Hall–Kier alpha value is -0.633. The Morgan fingerprint density at radius 1 is 1.20 bits per heavy atom. The fourth-order valence-corrected chi connectivity index (χ4v) is 1.06. The SMILES string of the molecule is Cc1c(F)ccc([Si])c1C. The van der Waals surface area contributed by atoms with Gasteiger partial charge in [-0.3, -0.25) is 0 Å². The Kier molecular flexibility index (Phi) is 1.90. The van der Waals surface area contributed by atoms with Crippen LogP contribution >= 0.6 is 0 Å². The lowest BCUT2D eigenvalue weighted by Gasteiger charge is -2.03.